The van der Waals surface area contributed by atoms with Gasteiger partial charge in [-0.1, -0.05) is 0 Å². The van der Waals surface area contributed by atoms with Crippen molar-refractivity contribution in [2.75, 3.05) is 0 Å². The van der Waals surface area contributed by atoms with Crippen LogP contribution in [0.5, 0.6) is 23.0 Å². The largest absolute Gasteiger partial charge is 0.507 e. The summed E-state index contributed by atoms with van der Waals surface area (Å²) < 4.78 is 0. The zero-order valence-corrected chi connectivity index (χ0v) is 30.5. The molecule has 4 nitrogen and oxygen atoms in total. The van der Waals surface area contributed by atoms with E-state index in [2.05, 4.69) is 0 Å². The zero-order valence-electron chi connectivity index (χ0n) is 11.6. The standard InChI is InChI=1S/C14H10O4.4Ac/c15-11-1-2-12(16)8-6-10-9(5-7(8)11)13(17)3-4-14(10)18;;;;/h1-6,15-18H;;;;. The van der Waals surface area contributed by atoms with Gasteiger partial charge in [-0.15, -0.1) is 0 Å². The third kappa shape index (κ3) is 5.57. The van der Waals surface area contributed by atoms with Crippen LogP contribution < -0.4 is 0 Å². The van der Waals surface area contributed by atoms with Crippen molar-refractivity contribution in [1.29, 1.82) is 0 Å². The molecular weight excluding hydrogens is 1140 g/mol. The predicted molar refractivity (Wildman–Crippen MR) is 68.1 cm³/mol. The fourth-order valence-corrected chi connectivity index (χ4v) is 2.12. The van der Waals surface area contributed by atoms with E-state index in [1.165, 1.54) is 36.4 Å². The van der Waals surface area contributed by atoms with Gasteiger partial charge in [-0.2, -0.15) is 0 Å². The van der Waals surface area contributed by atoms with Gasteiger partial charge in [-0.25, -0.2) is 0 Å². The Morgan fingerprint density at radius 3 is 0.773 bits per heavy atom. The molecule has 0 fully saturated rings. The third-order valence-corrected chi connectivity index (χ3v) is 3.06. The van der Waals surface area contributed by atoms with Crippen LogP contribution in [0.25, 0.3) is 21.5 Å². The monoisotopic (exact) mass is 1150 g/mol. The molecule has 0 unspecified atom stereocenters. The number of phenols is 4. The van der Waals surface area contributed by atoms with E-state index in [0.717, 1.165) is 0 Å². The maximum atomic E-state index is 9.76. The molecule has 3 rings (SSSR count). The van der Waals surface area contributed by atoms with Crippen LogP contribution in [0.1, 0.15) is 0 Å². The summed E-state index contributed by atoms with van der Waals surface area (Å²) in [6, 6.07) is 8.59. The summed E-state index contributed by atoms with van der Waals surface area (Å²) in [4.78, 5) is 0. The smallest absolute Gasteiger partial charge is 0.123 e. The molecule has 0 aliphatic rings. The number of rotatable bonds is 0. The molecule has 0 aliphatic carbocycles. The van der Waals surface area contributed by atoms with Crippen LogP contribution in [0.15, 0.2) is 36.4 Å². The second-order valence-corrected chi connectivity index (χ2v) is 4.15. The zero-order chi connectivity index (χ0) is 12.9. The van der Waals surface area contributed by atoms with Crippen LogP contribution in [0.3, 0.4) is 0 Å². The third-order valence-electron chi connectivity index (χ3n) is 3.06. The summed E-state index contributed by atoms with van der Waals surface area (Å²) >= 11 is 0. The number of fused-ring (bicyclic) bond motifs is 2. The molecule has 4 N–H and O–H groups in total. The second kappa shape index (κ2) is 11.8. The van der Waals surface area contributed by atoms with E-state index in [9.17, 15) is 20.4 Å². The van der Waals surface area contributed by atoms with E-state index >= 15 is 0 Å². The van der Waals surface area contributed by atoms with Gasteiger partial charge in [0.2, 0.25) is 0 Å². The molecule has 0 bridgehead atoms. The predicted octanol–water partition coefficient (Wildman–Crippen LogP) is 2.82. The number of hydrogen-bond donors (Lipinski definition) is 4. The fourth-order valence-electron chi connectivity index (χ4n) is 2.12. The number of hydrogen-bond acceptors (Lipinski definition) is 4. The molecule has 0 aliphatic heterocycles. The Morgan fingerprint density at radius 1 is 0.409 bits per heavy atom. The molecule has 3 aromatic rings. The Hall–Kier alpha value is 3.15. The molecule has 0 saturated carbocycles. The molecule has 0 atom stereocenters. The van der Waals surface area contributed by atoms with Gasteiger partial charge in [0.1, 0.15) is 23.0 Å². The van der Waals surface area contributed by atoms with E-state index in [-0.39, 0.29) is 199 Å². The second-order valence-electron chi connectivity index (χ2n) is 4.15. The van der Waals surface area contributed by atoms with Gasteiger partial charge in [-0.05, 0) is 36.4 Å². The first kappa shape index (κ1) is 27.4. The summed E-state index contributed by atoms with van der Waals surface area (Å²) in [5, 5.41) is 40.7. The minimum Gasteiger partial charge on any atom is -0.507 e. The van der Waals surface area contributed by atoms with Crippen molar-refractivity contribution in [3.05, 3.63) is 36.4 Å². The first-order chi connectivity index (χ1) is 8.58. The van der Waals surface area contributed by atoms with Crippen LogP contribution in [0, 0.1) is 176 Å². The molecule has 4 radical (unpaired) electrons. The Labute approximate surface area is 270 Å². The first-order valence-corrected chi connectivity index (χ1v) is 5.37. The Balaban J connectivity index is 0. The molecule has 0 saturated heterocycles. The Morgan fingerprint density at radius 2 is 0.591 bits per heavy atom. The summed E-state index contributed by atoms with van der Waals surface area (Å²) in [5.74, 6) is 0.0276. The van der Waals surface area contributed by atoms with Crippen molar-refractivity contribution < 1.29 is 197 Å². The van der Waals surface area contributed by atoms with Gasteiger partial charge in [0.05, 0.1) is 0 Å². The quantitative estimate of drug-likeness (QED) is 0.207. The van der Waals surface area contributed by atoms with Crippen LogP contribution in [-0.4, -0.2) is 20.4 Å². The minimum absolute atomic E-state index is 0. The number of benzene rings is 3. The summed E-state index contributed by atoms with van der Waals surface area (Å²) in [5.41, 5.74) is 0. The number of phenolic OH excluding ortho intramolecular Hbond substituents is 4. The molecule has 102 valence electrons. The van der Waals surface area contributed by atoms with Crippen molar-refractivity contribution in [3.8, 4) is 23.0 Å². The molecule has 22 heavy (non-hydrogen) atoms. The topological polar surface area (TPSA) is 80.9 Å². The normalized spacial score (nSPS) is 9.09. The maximum absolute atomic E-state index is 9.76. The van der Waals surface area contributed by atoms with E-state index in [0.29, 0.717) is 21.5 Å². The Bertz CT molecular complexity index is 664. The average Bonchev–Trinajstić information content (AvgIpc) is 2.37. The van der Waals surface area contributed by atoms with Crippen LogP contribution >= 0.6 is 0 Å². The van der Waals surface area contributed by atoms with Gasteiger partial charge in [0.15, 0.2) is 0 Å². The molecule has 0 amide bonds. The van der Waals surface area contributed by atoms with Gasteiger partial charge in [0, 0.05) is 198 Å². The summed E-state index contributed by atoms with van der Waals surface area (Å²) in [6.07, 6.45) is 0. The van der Waals surface area contributed by atoms with Gasteiger partial charge >= 0.3 is 0 Å². The average molecular weight is 1150 g/mol. The summed E-state index contributed by atoms with van der Waals surface area (Å²) in [6.45, 7) is 0. The van der Waals surface area contributed by atoms with Crippen LogP contribution in [0.4, 0.5) is 0 Å². The van der Waals surface area contributed by atoms with Crippen molar-refractivity contribution in [1.82, 2.24) is 0 Å². The molecule has 8 heteroatoms. The first-order valence-electron chi connectivity index (χ1n) is 5.37. The minimum atomic E-state index is 0. The van der Waals surface area contributed by atoms with E-state index in [1.54, 1.807) is 0 Å². The maximum Gasteiger partial charge on any atom is 0.123 e. The van der Waals surface area contributed by atoms with Crippen molar-refractivity contribution in [2.24, 2.45) is 0 Å². The van der Waals surface area contributed by atoms with E-state index in [4.69, 9.17) is 0 Å². The molecule has 0 spiro atoms. The van der Waals surface area contributed by atoms with E-state index < -0.39 is 0 Å². The SMILES string of the molecule is Oc1ccc(O)c2cc3c(O)ccc(O)c3cc12.[Ac].[Ac].[Ac].[Ac]. The molecule has 3 aromatic carbocycles. The fraction of sp³-hybridized carbons (Fsp3) is 0. The van der Waals surface area contributed by atoms with Crippen LogP contribution in [-0.2, 0) is 0 Å². The molecule has 0 aromatic heterocycles. The number of aromatic hydroxyl groups is 4. The van der Waals surface area contributed by atoms with Gasteiger partial charge < -0.3 is 20.4 Å². The van der Waals surface area contributed by atoms with Crippen molar-refractivity contribution in [3.63, 3.8) is 0 Å². The van der Waals surface area contributed by atoms with Gasteiger partial charge in [0.25, 0.3) is 0 Å². The molecule has 0 heterocycles. The van der Waals surface area contributed by atoms with Crippen molar-refractivity contribution >= 4 is 21.5 Å². The Kier molecular flexibility index (Phi) is 14.6. The molecular formula is C14H10Ac4O4. The summed E-state index contributed by atoms with van der Waals surface area (Å²) in [7, 11) is 0. The van der Waals surface area contributed by atoms with E-state index in [1.807, 2.05) is 0 Å². The van der Waals surface area contributed by atoms with Crippen molar-refractivity contribution in [2.45, 2.75) is 0 Å². The van der Waals surface area contributed by atoms with Crippen LogP contribution in [0.2, 0.25) is 0 Å². The van der Waals surface area contributed by atoms with Gasteiger partial charge in [-0.3, -0.25) is 0 Å².